The van der Waals surface area contributed by atoms with E-state index in [-0.39, 0.29) is 5.91 Å². The fourth-order valence-corrected chi connectivity index (χ4v) is 1.99. The number of hydrogen-bond acceptors (Lipinski definition) is 3. The number of carbonyl (C=O) groups excluding carboxylic acids is 1. The molecular formula is C11H17ClN4O. The van der Waals surface area contributed by atoms with Gasteiger partial charge >= 0.3 is 0 Å². The summed E-state index contributed by atoms with van der Waals surface area (Å²) in [7, 11) is 0. The quantitative estimate of drug-likeness (QED) is 0.796. The highest BCUT2D eigenvalue weighted by Crippen LogP contribution is 2.09. The minimum Gasteiger partial charge on any atom is -0.354 e. The topological polar surface area (TPSA) is 50.2 Å². The molecule has 6 heteroatoms. The number of nitrogens with one attached hydrogen (secondary N) is 1. The Labute approximate surface area is 106 Å². The molecule has 94 valence electrons. The first-order chi connectivity index (χ1) is 8.16. The summed E-state index contributed by atoms with van der Waals surface area (Å²) in [6, 6.07) is 2.03. The number of amides is 1. The molecule has 0 aromatic carbocycles. The number of carbonyl (C=O) groups is 1. The van der Waals surface area contributed by atoms with Gasteiger partial charge in [-0.05, 0) is 13.0 Å². The van der Waals surface area contributed by atoms with Crippen LogP contribution in [0.15, 0.2) is 12.3 Å². The highest BCUT2D eigenvalue weighted by Gasteiger charge is 2.16. The Morgan fingerprint density at radius 2 is 2.47 bits per heavy atom. The molecule has 1 aromatic heterocycles. The monoisotopic (exact) mass is 256 g/mol. The number of fused-ring (bicyclic) bond motifs is 1. The predicted molar refractivity (Wildman–Crippen MR) is 65.8 cm³/mol. The molecule has 1 aliphatic heterocycles. The van der Waals surface area contributed by atoms with Crippen molar-refractivity contribution in [3.05, 3.63) is 18.0 Å². The van der Waals surface area contributed by atoms with Crippen LogP contribution in [-0.4, -0.2) is 45.6 Å². The van der Waals surface area contributed by atoms with Gasteiger partial charge < -0.3 is 5.32 Å². The van der Waals surface area contributed by atoms with Gasteiger partial charge in [-0.25, -0.2) is 0 Å². The predicted octanol–water partition coefficient (Wildman–Crippen LogP) is 0.442. The van der Waals surface area contributed by atoms with Gasteiger partial charge in [-0.3, -0.25) is 14.4 Å². The third kappa shape index (κ3) is 3.20. The van der Waals surface area contributed by atoms with Gasteiger partial charge in [0, 0.05) is 32.4 Å². The molecule has 0 radical (unpaired) electrons. The number of hydrogen-bond donors (Lipinski definition) is 1. The maximum absolute atomic E-state index is 11.3. The normalized spacial score (nSPS) is 17.5. The van der Waals surface area contributed by atoms with Crippen LogP contribution in [0, 0.1) is 0 Å². The van der Waals surface area contributed by atoms with Gasteiger partial charge in [0.25, 0.3) is 0 Å². The molecule has 1 aromatic rings. The number of aromatic nitrogens is 2. The Morgan fingerprint density at radius 1 is 1.65 bits per heavy atom. The smallest absolute Gasteiger partial charge is 0.237 e. The second kappa shape index (κ2) is 5.51. The number of nitrogens with zero attached hydrogens (tertiary/aromatic N) is 3. The van der Waals surface area contributed by atoms with E-state index in [2.05, 4.69) is 15.3 Å². The summed E-state index contributed by atoms with van der Waals surface area (Å²) in [5.41, 5.74) is 1.23. The second-order valence-electron chi connectivity index (χ2n) is 4.23. The summed E-state index contributed by atoms with van der Waals surface area (Å²) in [4.78, 5) is 13.6. The third-order valence-electron chi connectivity index (χ3n) is 2.91. The molecule has 0 saturated carbocycles. The van der Waals surface area contributed by atoms with Crippen molar-refractivity contribution in [1.29, 1.82) is 0 Å². The molecule has 0 saturated heterocycles. The van der Waals surface area contributed by atoms with Gasteiger partial charge in [0.2, 0.25) is 5.91 Å². The van der Waals surface area contributed by atoms with Crippen molar-refractivity contribution in [1.82, 2.24) is 20.0 Å². The lowest BCUT2D eigenvalue weighted by molar-refractivity contribution is -0.120. The Bertz CT molecular complexity index is 391. The fraction of sp³-hybridized carbons (Fsp3) is 0.636. The van der Waals surface area contributed by atoms with E-state index in [1.165, 1.54) is 5.69 Å². The highest BCUT2D eigenvalue weighted by molar-refractivity contribution is 6.30. The maximum Gasteiger partial charge on any atom is 0.237 e. The molecule has 1 unspecified atom stereocenters. The van der Waals surface area contributed by atoms with Gasteiger partial charge in [-0.1, -0.05) is 0 Å². The average Bonchev–Trinajstić information content (AvgIpc) is 2.75. The first-order valence-electron chi connectivity index (χ1n) is 5.81. The SMILES string of the molecule is CC(Cl)C(=O)NCCN1CCn2nccc2C1. The Morgan fingerprint density at radius 3 is 3.24 bits per heavy atom. The Kier molecular flexibility index (Phi) is 4.02. The largest absolute Gasteiger partial charge is 0.354 e. The van der Waals surface area contributed by atoms with Crippen LogP contribution in [0.3, 0.4) is 0 Å². The van der Waals surface area contributed by atoms with Crippen molar-refractivity contribution in [2.45, 2.75) is 25.4 Å². The molecule has 1 aliphatic rings. The van der Waals surface area contributed by atoms with Crippen LogP contribution < -0.4 is 5.32 Å². The van der Waals surface area contributed by atoms with Crippen molar-refractivity contribution in [2.24, 2.45) is 0 Å². The van der Waals surface area contributed by atoms with E-state index in [0.29, 0.717) is 6.54 Å². The molecule has 0 bridgehead atoms. The minimum absolute atomic E-state index is 0.103. The van der Waals surface area contributed by atoms with Crippen molar-refractivity contribution < 1.29 is 4.79 Å². The van der Waals surface area contributed by atoms with Gasteiger partial charge in [0.05, 0.1) is 12.2 Å². The van der Waals surface area contributed by atoms with Crippen LogP contribution in [0.4, 0.5) is 0 Å². The van der Waals surface area contributed by atoms with Crippen LogP contribution >= 0.6 is 11.6 Å². The number of rotatable bonds is 4. The highest BCUT2D eigenvalue weighted by atomic mass is 35.5. The van der Waals surface area contributed by atoms with Crippen LogP contribution in [0.2, 0.25) is 0 Å². The zero-order valence-corrected chi connectivity index (χ0v) is 10.7. The van der Waals surface area contributed by atoms with E-state index in [9.17, 15) is 4.79 Å². The molecule has 1 atom stereocenters. The second-order valence-corrected chi connectivity index (χ2v) is 4.88. The van der Waals surface area contributed by atoms with E-state index < -0.39 is 5.38 Å². The van der Waals surface area contributed by atoms with Crippen molar-refractivity contribution in [2.75, 3.05) is 19.6 Å². The van der Waals surface area contributed by atoms with Gasteiger partial charge in [-0.2, -0.15) is 5.10 Å². The van der Waals surface area contributed by atoms with Gasteiger partial charge in [-0.15, -0.1) is 11.6 Å². The third-order valence-corrected chi connectivity index (χ3v) is 3.10. The summed E-state index contributed by atoms with van der Waals surface area (Å²) >= 11 is 5.66. The minimum atomic E-state index is -0.460. The summed E-state index contributed by atoms with van der Waals surface area (Å²) < 4.78 is 2.02. The zero-order valence-electron chi connectivity index (χ0n) is 9.90. The molecule has 0 aliphatic carbocycles. The summed E-state index contributed by atoms with van der Waals surface area (Å²) in [6.45, 7) is 5.95. The van der Waals surface area contributed by atoms with Gasteiger partial charge in [0.1, 0.15) is 5.38 Å². The first kappa shape index (κ1) is 12.4. The molecular weight excluding hydrogens is 240 g/mol. The van der Waals surface area contributed by atoms with Crippen molar-refractivity contribution in [3.8, 4) is 0 Å². The molecule has 2 heterocycles. The molecule has 0 fully saturated rings. The first-order valence-corrected chi connectivity index (χ1v) is 6.25. The fourth-order valence-electron chi connectivity index (χ4n) is 1.91. The number of alkyl halides is 1. The van der Waals surface area contributed by atoms with Crippen molar-refractivity contribution >= 4 is 17.5 Å². The molecule has 2 rings (SSSR count). The Hall–Kier alpha value is -1.07. The molecule has 0 spiro atoms. The molecule has 5 nitrogen and oxygen atoms in total. The lowest BCUT2D eigenvalue weighted by Gasteiger charge is -2.27. The van der Waals surface area contributed by atoms with E-state index in [1.807, 2.05) is 16.9 Å². The Balaban J connectivity index is 1.73. The van der Waals surface area contributed by atoms with E-state index in [4.69, 9.17) is 11.6 Å². The van der Waals surface area contributed by atoms with Crippen LogP contribution in [-0.2, 0) is 17.9 Å². The summed E-state index contributed by atoms with van der Waals surface area (Å²) in [5.74, 6) is -0.103. The van der Waals surface area contributed by atoms with Crippen molar-refractivity contribution in [3.63, 3.8) is 0 Å². The van der Waals surface area contributed by atoms with E-state index in [1.54, 1.807) is 6.92 Å². The molecule has 1 amide bonds. The standard InChI is InChI=1S/C11H17ClN4O/c1-9(12)11(17)13-4-5-15-6-7-16-10(8-15)2-3-14-16/h2-3,9H,4-8H2,1H3,(H,13,17). The molecule has 1 N–H and O–H groups in total. The lowest BCUT2D eigenvalue weighted by atomic mass is 10.3. The lowest BCUT2D eigenvalue weighted by Crippen LogP contribution is -2.40. The van der Waals surface area contributed by atoms with Crippen LogP contribution in [0.25, 0.3) is 0 Å². The van der Waals surface area contributed by atoms with E-state index >= 15 is 0 Å². The molecule has 17 heavy (non-hydrogen) atoms. The summed E-state index contributed by atoms with van der Waals surface area (Å²) in [5, 5.41) is 6.58. The maximum atomic E-state index is 11.3. The van der Waals surface area contributed by atoms with Crippen LogP contribution in [0.1, 0.15) is 12.6 Å². The van der Waals surface area contributed by atoms with Crippen LogP contribution in [0.5, 0.6) is 0 Å². The zero-order chi connectivity index (χ0) is 12.3. The van der Waals surface area contributed by atoms with Gasteiger partial charge in [0.15, 0.2) is 0 Å². The number of halogens is 1. The summed E-state index contributed by atoms with van der Waals surface area (Å²) in [6.07, 6.45) is 1.83. The van der Waals surface area contributed by atoms with E-state index in [0.717, 1.165) is 26.2 Å². The average molecular weight is 257 g/mol.